The zero-order chi connectivity index (χ0) is 21.5. The smallest absolute Gasteiger partial charge is 0.281 e. The molecule has 2 aliphatic rings. The molecule has 1 aromatic heterocycles. The lowest BCUT2D eigenvalue weighted by Gasteiger charge is -2.20. The summed E-state index contributed by atoms with van der Waals surface area (Å²) in [5, 5.41) is 9.90. The summed E-state index contributed by atoms with van der Waals surface area (Å²) in [6.45, 7) is 0.970. The Balaban J connectivity index is 1.51. The fraction of sp³-hybridized carbons (Fsp3) is 0.368. The number of nitrogens with zero attached hydrogens (tertiary/aromatic N) is 2. The number of carbonyl (C=O) groups excluding carboxylic acids is 1. The summed E-state index contributed by atoms with van der Waals surface area (Å²) in [5.41, 5.74) is -1.24. The molecule has 0 bridgehead atoms. The highest BCUT2D eigenvalue weighted by Gasteiger charge is 2.54. The molecular weight excluding hydrogens is 545 g/mol. The molecule has 1 saturated heterocycles. The number of sulfonamides is 1. The number of benzene rings is 1. The first-order valence-corrected chi connectivity index (χ1v) is 12.2. The molecule has 2 aromatic rings. The van der Waals surface area contributed by atoms with Gasteiger partial charge in [-0.15, -0.1) is 0 Å². The summed E-state index contributed by atoms with van der Waals surface area (Å²) >= 11 is 8.07. The van der Waals surface area contributed by atoms with Gasteiger partial charge in [-0.05, 0) is 59.3 Å². The molecule has 2 fully saturated rings. The number of ether oxygens (including phenoxy) is 1. The highest BCUT2D eigenvalue weighted by molar-refractivity contribution is 14.1. The minimum atomic E-state index is -4.19. The van der Waals surface area contributed by atoms with Crippen LogP contribution in [0.2, 0.25) is 5.02 Å². The van der Waals surface area contributed by atoms with Gasteiger partial charge in [0.15, 0.2) is 10.6 Å². The standard InChI is InChI=1S/C19H19ClIN3O5S/c20-12-4-5-14(21)15(10-12)29-19(7-8-19)18(26)23-30(27,28)17-3-1-2-16(22-17)24-9-6-13(25)11-24/h1-5,10,13,25H,6-9,11H2,(H,23,26)/t13-/m0/s1. The lowest BCUT2D eigenvalue weighted by molar-refractivity contribution is -0.128. The minimum absolute atomic E-state index is 0.261. The first-order chi connectivity index (χ1) is 14.2. The first-order valence-electron chi connectivity index (χ1n) is 9.30. The lowest BCUT2D eigenvalue weighted by Crippen LogP contribution is -2.43. The number of aromatic nitrogens is 1. The fourth-order valence-corrected chi connectivity index (χ4v) is 4.82. The number of nitrogens with one attached hydrogen (secondary N) is 1. The Kier molecular flexibility index (Phi) is 5.86. The summed E-state index contributed by atoms with van der Waals surface area (Å²) in [5.74, 6) is 0.135. The van der Waals surface area contributed by atoms with E-state index in [4.69, 9.17) is 16.3 Å². The average molecular weight is 564 g/mol. The number of rotatable bonds is 6. The fourth-order valence-electron chi connectivity index (χ4n) is 3.20. The van der Waals surface area contributed by atoms with E-state index in [-0.39, 0.29) is 5.03 Å². The van der Waals surface area contributed by atoms with Crippen molar-refractivity contribution in [1.82, 2.24) is 9.71 Å². The van der Waals surface area contributed by atoms with Crippen molar-refractivity contribution >= 4 is 55.9 Å². The van der Waals surface area contributed by atoms with E-state index in [1.807, 2.05) is 0 Å². The number of β-amino-alcohol motifs (C(OH)–C–C–N with tert-alkyl or cyclic N) is 1. The van der Waals surface area contributed by atoms with E-state index in [0.29, 0.717) is 48.9 Å². The van der Waals surface area contributed by atoms with E-state index >= 15 is 0 Å². The van der Waals surface area contributed by atoms with Crippen molar-refractivity contribution in [2.75, 3.05) is 18.0 Å². The van der Waals surface area contributed by atoms with Crippen LogP contribution < -0.4 is 14.4 Å². The molecule has 1 aliphatic carbocycles. The van der Waals surface area contributed by atoms with Crippen molar-refractivity contribution in [3.63, 3.8) is 0 Å². The van der Waals surface area contributed by atoms with Gasteiger partial charge in [0.2, 0.25) is 0 Å². The van der Waals surface area contributed by atoms with Gasteiger partial charge in [0.05, 0.1) is 9.67 Å². The van der Waals surface area contributed by atoms with Crippen LogP contribution in [0.3, 0.4) is 0 Å². The molecule has 0 unspecified atom stereocenters. The van der Waals surface area contributed by atoms with Crippen molar-refractivity contribution in [2.24, 2.45) is 0 Å². The molecule has 2 heterocycles. The molecule has 1 saturated carbocycles. The molecule has 1 aromatic carbocycles. The number of halogens is 2. The highest BCUT2D eigenvalue weighted by atomic mass is 127. The predicted molar refractivity (Wildman–Crippen MR) is 119 cm³/mol. The van der Waals surface area contributed by atoms with Crippen LogP contribution >= 0.6 is 34.2 Å². The monoisotopic (exact) mass is 563 g/mol. The number of aliphatic hydroxyl groups is 1. The van der Waals surface area contributed by atoms with Crippen molar-refractivity contribution in [3.8, 4) is 5.75 Å². The van der Waals surface area contributed by atoms with Crippen LogP contribution in [0.5, 0.6) is 5.75 Å². The molecule has 2 N–H and O–H groups in total. The van der Waals surface area contributed by atoms with Crippen molar-refractivity contribution < 1.29 is 23.1 Å². The molecule has 8 nitrogen and oxygen atoms in total. The predicted octanol–water partition coefficient (Wildman–Crippen LogP) is 2.33. The van der Waals surface area contributed by atoms with Gasteiger partial charge in [0, 0.05) is 31.0 Å². The Labute approximate surface area is 192 Å². The number of hydrogen-bond acceptors (Lipinski definition) is 7. The highest BCUT2D eigenvalue weighted by Crippen LogP contribution is 2.42. The van der Waals surface area contributed by atoms with E-state index in [9.17, 15) is 18.3 Å². The number of pyridine rings is 1. The van der Waals surface area contributed by atoms with E-state index in [1.54, 1.807) is 35.2 Å². The Morgan fingerprint density at radius 3 is 2.77 bits per heavy atom. The SMILES string of the molecule is O=C(NS(=O)(=O)c1cccc(N2CC[C@H](O)C2)n1)C1(Oc2cc(Cl)ccc2I)CC1. The Morgan fingerprint density at radius 2 is 2.10 bits per heavy atom. The molecule has 1 amide bonds. The van der Waals surface area contributed by atoms with Crippen LogP contribution in [0, 0.1) is 3.57 Å². The van der Waals surface area contributed by atoms with Crippen LogP contribution in [0.1, 0.15) is 19.3 Å². The third-order valence-electron chi connectivity index (χ3n) is 5.02. The third kappa shape index (κ3) is 4.51. The van der Waals surface area contributed by atoms with Crippen molar-refractivity contribution in [1.29, 1.82) is 0 Å². The van der Waals surface area contributed by atoms with Crippen LogP contribution in [0.4, 0.5) is 5.82 Å². The molecule has 0 radical (unpaired) electrons. The van der Waals surface area contributed by atoms with E-state index < -0.39 is 27.6 Å². The van der Waals surface area contributed by atoms with Crippen molar-refractivity contribution in [3.05, 3.63) is 45.0 Å². The minimum Gasteiger partial charge on any atom is -0.476 e. The number of hydrogen-bond donors (Lipinski definition) is 2. The summed E-state index contributed by atoms with van der Waals surface area (Å²) < 4.78 is 34.3. The Bertz CT molecular complexity index is 1090. The van der Waals surface area contributed by atoms with E-state index in [2.05, 4.69) is 32.3 Å². The van der Waals surface area contributed by atoms with Crippen LogP contribution in [0.15, 0.2) is 41.4 Å². The largest absolute Gasteiger partial charge is 0.476 e. The molecule has 1 atom stereocenters. The Morgan fingerprint density at radius 1 is 1.33 bits per heavy atom. The second kappa shape index (κ2) is 8.13. The third-order valence-corrected chi connectivity index (χ3v) is 7.37. The van der Waals surface area contributed by atoms with Crippen LogP contribution in [-0.2, 0) is 14.8 Å². The maximum Gasteiger partial charge on any atom is 0.281 e. The van der Waals surface area contributed by atoms with E-state index in [1.165, 1.54) is 6.07 Å². The summed E-state index contributed by atoms with van der Waals surface area (Å²) in [4.78, 5) is 18.8. The molecule has 4 rings (SSSR count). The normalized spacial score (nSPS) is 20.1. The molecule has 30 heavy (non-hydrogen) atoms. The van der Waals surface area contributed by atoms with Gasteiger partial charge in [-0.2, -0.15) is 8.42 Å². The second-order valence-corrected chi connectivity index (χ2v) is 10.6. The topological polar surface area (TPSA) is 109 Å². The van der Waals surface area contributed by atoms with Gasteiger partial charge in [-0.3, -0.25) is 4.79 Å². The molecule has 1 aliphatic heterocycles. The molecule has 160 valence electrons. The summed E-state index contributed by atoms with van der Waals surface area (Å²) in [7, 11) is -4.19. The Hall–Kier alpha value is -1.63. The van der Waals surface area contributed by atoms with Gasteiger partial charge in [0.25, 0.3) is 15.9 Å². The number of carbonyl (C=O) groups is 1. The molecule has 11 heteroatoms. The van der Waals surface area contributed by atoms with Crippen molar-refractivity contribution in [2.45, 2.75) is 36.0 Å². The second-order valence-electron chi connectivity index (χ2n) is 7.33. The molecule has 0 spiro atoms. The average Bonchev–Trinajstić information content (AvgIpc) is 3.36. The zero-order valence-corrected chi connectivity index (χ0v) is 19.4. The summed E-state index contributed by atoms with van der Waals surface area (Å²) in [6.07, 6.45) is 0.928. The lowest BCUT2D eigenvalue weighted by atomic mass is 10.3. The molecular formula is C19H19ClIN3O5S. The quantitative estimate of drug-likeness (QED) is 0.520. The summed E-state index contributed by atoms with van der Waals surface area (Å²) in [6, 6.07) is 9.62. The van der Waals surface area contributed by atoms with Crippen LogP contribution in [-0.4, -0.2) is 49.2 Å². The number of anilines is 1. The van der Waals surface area contributed by atoms with E-state index in [0.717, 1.165) is 3.57 Å². The maximum absolute atomic E-state index is 12.8. The maximum atomic E-state index is 12.8. The van der Waals surface area contributed by atoms with Gasteiger partial charge in [0.1, 0.15) is 11.6 Å². The van der Waals surface area contributed by atoms with Gasteiger partial charge < -0.3 is 14.7 Å². The van der Waals surface area contributed by atoms with Gasteiger partial charge in [-0.25, -0.2) is 9.71 Å². The number of amides is 1. The number of aliphatic hydroxyl groups excluding tert-OH is 1. The first kappa shape index (κ1) is 21.6. The zero-order valence-electron chi connectivity index (χ0n) is 15.7. The van der Waals surface area contributed by atoms with Crippen LogP contribution in [0.25, 0.3) is 0 Å². The van der Waals surface area contributed by atoms with Gasteiger partial charge in [-0.1, -0.05) is 17.7 Å². The van der Waals surface area contributed by atoms with Gasteiger partial charge >= 0.3 is 0 Å².